The van der Waals surface area contributed by atoms with Crippen LogP contribution in [0.4, 0.5) is 10.3 Å². The number of halogens is 1. The molecule has 1 aromatic carbocycles. The zero-order valence-corrected chi connectivity index (χ0v) is 11.8. The molecule has 21 heavy (non-hydrogen) atoms. The van der Waals surface area contributed by atoms with E-state index in [1.807, 2.05) is 0 Å². The molecule has 5 nitrogen and oxygen atoms in total. The molecule has 3 rings (SSSR count). The first-order chi connectivity index (χ1) is 10.1. The Kier molecular flexibility index (Phi) is 3.49. The van der Waals surface area contributed by atoms with Crippen LogP contribution in [0, 0.1) is 12.7 Å². The zero-order valence-electron chi connectivity index (χ0n) is 11.0. The first-order valence-electron chi connectivity index (χ1n) is 6.06. The highest BCUT2D eigenvalue weighted by atomic mass is 32.1. The summed E-state index contributed by atoms with van der Waals surface area (Å²) in [6, 6.07) is 5.80. The van der Waals surface area contributed by atoms with Crippen molar-refractivity contribution < 1.29 is 13.6 Å². The Morgan fingerprint density at radius 1 is 1.33 bits per heavy atom. The third-order valence-corrected chi connectivity index (χ3v) is 3.33. The second kappa shape index (κ2) is 5.45. The molecule has 0 saturated heterocycles. The second-order valence-corrected chi connectivity index (χ2v) is 4.96. The highest BCUT2D eigenvalue weighted by molar-refractivity contribution is 7.07. The third-order valence-electron chi connectivity index (χ3n) is 2.74. The zero-order chi connectivity index (χ0) is 14.8. The standard InChI is InChI=1S/C14H10FN3O2S/c1-8-17-12(9-2-4-10(15)5-3-9)14(20-8)18-13(19)11-6-21-7-16-11/h2-7H,1H3,(H,18,19). The van der Waals surface area contributed by atoms with Gasteiger partial charge in [-0.1, -0.05) is 0 Å². The Hall–Kier alpha value is -2.54. The van der Waals surface area contributed by atoms with Crippen molar-refractivity contribution in [1.82, 2.24) is 9.97 Å². The number of aryl methyl sites for hydroxylation is 1. The van der Waals surface area contributed by atoms with Gasteiger partial charge in [0.05, 0.1) is 5.51 Å². The molecule has 2 aromatic heterocycles. The Bertz CT molecular complexity index is 766. The molecule has 3 aromatic rings. The van der Waals surface area contributed by atoms with E-state index in [0.29, 0.717) is 22.8 Å². The van der Waals surface area contributed by atoms with Gasteiger partial charge in [0, 0.05) is 17.9 Å². The summed E-state index contributed by atoms with van der Waals surface area (Å²) in [5.41, 5.74) is 2.98. The Balaban J connectivity index is 1.92. The van der Waals surface area contributed by atoms with Crippen LogP contribution in [0.15, 0.2) is 39.6 Å². The molecule has 0 bridgehead atoms. The van der Waals surface area contributed by atoms with Crippen LogP contribution in [-0.2, 0) is 0 Å². The van der Waals surface area contributed by atoms with E-state index in [1.54, 1.807) is 29.9 Å². The van der Waals surface area contributed by atoms with Gasteiger partial charge in [0.2, 0.25) is 5.88 Å². The maximum atomic E-state index is 13.0. The molecule has 0 aliphatic carbocycles. The van der Waals surface area contributed by atoms with Gasteiger partial charge in [-0.15, -0.1) is 11.3 Å². The van der Waals surface area contributed by atoms with Gasteiger partial charge in [0.1, 0.15) is 17.2 Å². The SMILES string of the molecule is Cc1nc(-c2ccc(F)cc2)c(NC(=O)c2cscn2)o1. The number of hydrogen-bond donors (Lipinski definition) is 1. The van der Waals surface area contributed by atoms with Crippen molar-refractivity contribution in [3.63, 3.8) is 0 Å². The van der Waals surface area contributed by atoms with Gasteiger partial charge in [0.15, 0.2) is 5.89 Å². The fourth-order valence-electron chi connectivity index (χ4n) is 1.81. The minimum Gasteiger partial charge on any atom is -0.425 e. The van der Waals surface area contributed by atoms with Crippen molar-refractivity contribution >= 4 is 23.1 Å². The van der Waals surface area contributed by atoms with Crippen molar-refractivity contribution in [3.05, 3.63) is 52.6 Å². The molecule has 1 amide bonds. The quantitative estimate of drug-likeness (QED) is 0.804. The molecule has 0 radical (unpaired) electrons. The predicted octanol–water partition coefficient (Wildman–Crippen LogP) is 3.50. The fraction of sp³-hybridized carbons (Fsp3) is 0.0714. The van der Waals surface area contributed by atoms with E-state index < -0.39 is 0 Å². The molecule has 0 atom stereocenters. The Morgan fingerprint density at radius 3 is 2.76 bits per heavy atom. The number of benzene rings is 1. The summed E-state index contributed by atoms with van der Waals surface area (Å²) in [5, 5.41) is 4.26. The van der Waals surface area contributed by atoms with Crippen LogP contribution in [0.25, 0.3) is 11.3 Å². The van der Waals surface area contributed by atoms with Crippen molar-refractivity contribution in [2.24, 2.45) is 0 Å². The van der Waals surface area contributed by atoms with Crippen LogP contribution in [0.2, 0.25) is 0 Å². The lowest BCUT2D eigenvalue weighted by Gasteiger charge is -2.02. The lowest BCUT2D eigenvalue weighted by Crippen LogP contribution is -2.12. The number of carbonyl (C=O) groups is 1. The van der Waals surface area contributed by atoms with Crippen LogP contribution in [0.5, 0.6) is 0 Å². The van der Waals surface area contributed by atoms with Gasteiger partial charge in [0.25, 0.3) is 5.91 Å². The molecular formula is C14H10FN3O2S. The van der Waals surface area contributed by atoms with Gasteiger partial charge < -0.3 is 4.42 Å². The third kappa shape index (κ3) is 2.82. The maximum Gasteiger partial charge on any atom is 0.277 e. The second-order valence-electron chi connectivity index (χ2n) is 4.25. The molecule has 0 saturated carbocycles. The lowest BCUT2D eigenvalue weighted by atomic mass is 10.1. The largest absolute Gasteiger partial charge is 0.425 e. The highest BCUT2D eigenvalue weighted by Crippen LogP contribution is 2.28. The number of rotatable bonds is 3. The molecule has 0 aliphatic heterocycles. The molecule has 2 heterocycles. The van der Waals surface area contributed by atoms with Crippen molar-refractivity contribution in [2.75, 3.05) is 5.32 Å². The smallest absolute Gasteiger partial charge is 0.277 e. The van der Waals surface area contributed by atoms with Crippen molar-refractivity contribution in [3.8, 4) is 11.3 Å². The van der Waals surface area contributed by atoms with E-state index in [0.717, 1.165) is 0 Å². The monoisotopic (exact) mass is 303 g/mol. The van der Waals surface area contributed by atoms with Gasteiger partial charge in [-0.25, -0.2) is 14.4 Å². The first-order valence-corrected chi connectivity index (χ1v) is 7.00. The van der Waals surface area contributed by atoms with Gasteiger partial charge in [-0.2, -0.15) is 0 Å². The van der Waals surface area contributed by atoms with E-state index >= 15 is 0 Å². The number of amides is 1. The van der Waals surface area contributed by atoms with Crippen molar-refractivity contribution in [1.29, 1.82) is 0 Å². The van der Waals surface area contributed by atoms with Crippen LogP contribution >= 0.6 is 11.3 Å². The predicted molar refractivity (Wildman–Crippen MR) is 76.7 cm³/mol. The molecular weight excluding hydrogens is 293 g/mol. The van der Waals surface area contributed by atoms with Crippen molar-refractivity contribution in [2.45, 2.75) is 6.92 Å². The number of anilines is 1. The Morgan fingerprint density at radius 2 is 2.10 bits per heavy atom. The summed E-state index contributed by atoms with van der Waals surface area (Å²) in [4.78, 5) is 20.2. The average molecular weight is 303 g/mol. The number of carbonyl (C=O) groups excluding carboxylic acids is 1. The number of nitrogens with zero attached hydrogens (tertiary/aromatic N) is 2. The Labute approximate surface area is 123 Å². The van der Waals surface area contributed by atoms with Gasteiger partial charge in [-0.05, 0) is 24.3 Å². The van der Waals surface area contributed by atoms with Gasteiger partial charge in [-0.3, -0.25) is 10.1 Å². The molecule has 7 heteroatoms. The molecule has 0 aliphatic rings. The number of oxazole rings is 1. The number of nitrogens with one attached hydrogen (secondary N) is 1. The van der Waals surface area contributed by atoms with E-state index in [2.05, 4.69) is 15.3 Å². The minimum absolute atomic E-state index is 0.220. The summed E-state index contributed by atoms with van der Waals surface area (Å²) in [7, 11) is 0. The van der Waals surface area contributed by atoms with E-state index in [9.17, 15) is 9.18 Å². The molecule has 0 spiro atoms. The summed E-state index contributed by atoms with van der Waals surface area (Å²) in [6.07, 6.45) is 0. The van der Waals surface area contributed by atoms with Crippen LogP contribution in [-0.4, -0.2) is 15.9 Å². The van der Waals surface area contributed by atoms with Crippen LogP contribution in [0.3, 0.4) is 0 Å². The minimum atomic E-state index is -0.379. The molecule has 1 N–H and O–H groups in total. The fourth-order valence-corrected chi connectivity index (χ4v) is 2.34. The number of aromatic nitrogens is 2. The van der Waals surface area contributed by atoms with Crippen LogP contribution < -0.4 is 5.32 Å². The summed E-state index contributed by atoms with van der Waals surface area (Å²) in [5.74, 6) is -0.0946. The summed E-state index contributed by atoms with van der Waals surface area (Å²) < 4.78 is 18.4. The van der Waals surface area contributed by atoms with E-state index in [1.165, 1.54) is 23.5 Å². The normalized spacial score (nSPS) is 10.6. The lowest BCUT2D eigenvalue weighted by molar-refractivity contribution is 0.102. The number of hydrogen-bond acceptors (Lipinski definition) is 5. The number of thiazole rings is 1. The van der Waals surface area contributed by atoms with E-state index in [-0.39, 0.29) is 17.6 Å². The van der Waals surface area contributed by atoms with Gasteiger partial charge >= 0.3 is 0 Å². The first kappa shape index (κ1) is 13.4. The molecule has 0 fully saturated rings. The summed E-state index contributed by atoms with van der Waals surface area (Å²) in [6.45, 7) is 1.67. The average Bonchev–Trinajstić information content (AvgIpc) is 3.09. The van der Waals surface area contributed by atoms with Crippen LogP contribution in [0.1, 0.15) is 16.4 Å². The molecule has 106 valence electrons. The topological polar surface area (TPSA) is 68.0 Å². The maximum absolute atomic E-state index is 13.0. The highest BCUT2D eigenvalue weighted by Gasteiger charge is 2.17. The van der Waals surface area contributed by atoms with E-state index in [4.69, 9.17) is 4.42 Å². The molecule has 0 unspecified atom stereocenters. The summed E-state index contributed by atoms with van der Waals surface area (Å²) >= 11 is 1.33.